The molecule has 1 aromatic carbocycles. The van der Waals surface area contributed by atoms with E-state index in [-0.39, 0.29) is 6.54 Å². The molecular weight excluding hydrogens is 294 g/mol. The van der Waals surface area contributed by atoms with Crippen LogP contribution in [-0.2, 0) is 11.2 Å². The number of hydroxylamine groups is 1. The molecule has 0 radical (unpaired) electrons. The molecule has 0 aliphatic carbocycles. The van der Waals surface area contributed by atoms with E-state index in [1.54, 1.807) is 22.1 Å². The summed E-state index contributed by atoms with van der Waals surface area (Å²) in [6.07, 6.45) is 2.36. The Bertz CT molecular complexity index is 829. The molecule has 3 rings (SSSR count). The zero-order chi connectivity index (χ0) is 16.2. The molecule has 118 valence electrons. The van der Waals surface area contributed by atoms with E-state index in [4.69, 9.17) is 10.9 Å². The average molecular weight is 311 g/mol. The summed E-state index contributed by atoms with van der Waals surface area (Å²) in [6, 6.07) is 13.5. The maximum Gasteiger partial charge on any atom is 0.262 e. The number of imidazole rings is 1. The minimum absolute atomic E-state index is 0.0686. The first-order valence-corrected chi connectivity index (χ1v) is 7.14. The fourth-order valence-corrected chi connectivity index (χ4v) is 2.41. The van der Waals surface area contributed by atoms with Gasteiger partial charge < -0.3 is 11.1 Å². The largest absolute Gasteiger partial charge is 0.398 e. The predicted molar refractivity (Wildman–Crippen MR) is 87.3 cm³/mol. The van der Waals surface area contributed by atoms with Crippen LogP contribution in [0.3, 0.4) is 0 Å². The molecule has 0 bridgehead atoms. The molecule has 0 unspecified atom stereocenters. The zero-order valence-corrected chi connectivity index (χ0v) is 12.4. The molecule has 0 atom stereocenters. The lowest BCUT2D eigenvalue weighted by Gasteiger charge is -2.08. The summed E-state index contributed by atoms with van der Waals surface area (Å²) in [6.45, 7) is -0.0686. The lowest BCUT2D eigenvalue weighted by Crippen LogP contribution is -2.27. The molecule has 7 nitrogen and oxygen atoms in total. The van der Waals surface area contributed by atoms with Crippen molar-refractivity contribution >= 4 is 23.1 Å². The number of carbonyl (C=O) groups excluding carboxylic acids is 1. The normalized spacial score (nSPS) is 10.7. The molecule has 2 aromatic heterocycles. The second-order valence-corrected chi connectivity index (χ2v) is 5.15. The van der Waals surface area contributed by atoms with Crippen molar-refractivity contribution in [1.29, 1.82) is 0 Å². The SMILES string of the molecule is Nc1ccc2nc(Cc3ccccc3)c(NCC(=O)NO)n2c1. The van der Waals surface area contributed by atoms with Crippen LogP contribution in [0.2, 0.25) is 0 Å². The third-order valence-electron chi connectivity index (χ3n) is 3.47. The quantitative estimate of drug-likeness (QED) is 0.421. The Morgan fingerprint density at radius 2 is 2.00 bits per heavy atom. The third kappa shape index (κ3) is 3.24. The number of amides is 1. The number of nitrogen functional groups attached to an aromatic ring is 1. The van der Waals surface area contributed by atoms with Crippen LogP contribution in [-0.4, -0.2) is 27.0 Å². The van der Waals surface area contributed by atoms with Gasteiger partial charge in [-0.25, -0.2) is 10.5 Å². The van der Waals surface area contributed by atoms with E-state index in [9.17, 15) is 4.79 Å². The van der Waals surface area contributed by atoms with Crippen molar-refractivity contribution in [2.24, 2.45) is 0 Å². The number of pyridine rings is 1. The zero-order valence-electron chi connectivity index (χ0n) is 12.4. The molecule has 3 aromatic rings. The van der Waals surface area contributed by atoms with Crippen LogP contribution >= 0.6 is 0 Å². The fraction of sp³-hybridized carbons (Fsp3) is 0.125. The highest BCUT2D eigenvalue weighted by Gasteiger charge is 2.14. The molecule has 1 amide bonds. The Hall–Kier alpha value is -3.06. The van der Waals surface area contributed by atoms with E-state index in [0.29, 0.717) is 17.9 Å². The maximum absolute atomic E-state index is 11.3. The topological polar surface area (TPSA) is 105 Å². The van der Waals surface area contributed by atoms with Gasteiger partial charge in [0.25, 0.3) is 5.91 Å². The highest BCUT2D eigenvalue weighted by molar-refractivity contribution is 5.79. The number of aromatic nitrogens is 2. The van der Waals surface area contributed by atoms with Gasteiger partial charge in [0, 0.05) is 18.3 Å². The van der Waals surface area contributed by atoms with Crippen molar-refractivity contribution < 1.29 is 10.0 Å². The number of hydrogen-bond donors (Lipinski definition) is 4. The van der Waals surface area contributed by atoms with Crippen molar-refractivity contribution in [3.8, 4) is 0 Å². The first-order valence-electron chi connectivity index (χ1n) is 7.14. The second kappa shape index (κ2) is 6.37. The summed E-state index contributed by atoms with van der Waals surface area (Å²) in [7, 11) is 0. The van der Waals surface area contributed by atoms with Crippen molar-refractivity contribution in [2.75, 3.05) is 17.6 Å². The van der Waals surface area contributed by atoms with E-state index in [1.807, 2.05) is 36.4 Å². The van der Waals surface area contributed by atoms with Crippen LogP contribution in [0.25, 0.3) is 5.65 Å². The number of nitrogens with zero attached hydrogens (tertiary/aromatic N) is 2. The summed E-state index contributed by atoms with van der Waals surface area (Å²) in [5.74, 6) is 0.147. The molecule has 0 aliphatic rings. The molecule has 7 heteroatoms. The van der Waals surface area contributed by atoms with Gasteiger partial charge >= 0.3 is 0 Å². The minimum Gasteiger partial charge on any atom is -0.398 e. The van der Waals surface area contributed by atoms with E-state index in [0.717, 1.165) is 16.9 Å². The Labute approximate surface area is 132 Å². The molecule has 0 saturated heterocycles. The van der Waals surface area contributed by atoms with Gasteiger partial charge in [0.2, 0.25) is 0 Å². The first kappa shape index (κ1) is 14.9. The number of carbonyl (C=O) groups is 1. The lowest BCUT2D eigenvalue weighted by molar-refractivity contribution is -0.127. The summed E-state index contributed by atoms with van der Waals surface area (Å²) < 4.78 is 1.80. The van der Waals surface area contributed by atoms with Gasteiger partial charge in [0.05, 0.1) is 12.2 Å². The van der Waals surface area contributed by atoms with Crippen molar-refractivity contribution in [2.45, 2.75) is 6.42 Å². The molecule has 0 fully saturated rings. The number of benzene rings is 1. The highest BCUT2D eigenvalue weighted by atomic mass is 16.5. The predicted octanol–water partition coefficient (Wildman–Crippen LogP) is 1.42. The third-order valence-corrected chi connectivity index (χ3v) is 3.47. The summed E-state index contributed by atoms with van der Waals surface area (Å²) in [5, 5.41) is 11.7. The van der Waals surface area contributed by atoms with Crippen molar-refractivity contribution in [3.63, 3.8) is 0 Å². The van der Waals surface area contributed by atoms with Gasteiger partial charge in [-0.15, -0.1) is 0 Å². The second-order valence-electron chi connectivity index (χ2n) is 5.15. The molecule has 23 heavy (non-hydrogen) atoms. The van der Waals surface area contributed by atoms with E-state index < -0.39 is 5.91 Å². The van der Waals surface area contributed by atoms with Crippen LogP contribution in [0.1, 0.15) is 11.3 Å². The standard InChI is InChI=1S/C16H17N5O2/c17-12-6-7-14-19-13(8-11-4-2-1-3-5-11)16(21(14)10-12)18-9-15(22)20-23/h1-7,10,18,23H,8-9,17H2,(H,20,22). The van der Waals surface area contributed by atoms with E-state index in [1.165, 1.54) is 0 Å². The number of anilines is 2. The number of nitrogens with two attached hydrogens (primary N) is 1. The van der Waals surface area contributed by atoms with Crippen LogP contribution in [0.5, 0.6) is 0 Å². The van der Waals surface area contributed by atoms with Crippen LogP contribution in [0.15, 0.2) is 48.7 Å². The van der Waals surface area contributed by atoms with Gasteiger partial charge in [-0.05, 0) is 17.7 Å². The Balaban J connectivity index is 1.99. The molecule has 0 aliphatic heterocycles. The van der Waals surface area contributed by atoms with Crippen LogP contribution < -0.4 is 16.5 Å². The monoisotopic (exact) mass is 311 g/mol. The first-order chi connectivity index (χ1) is 11.2. The fourth-order valence-electron chi connectivity index (χ4n) is 2.41. The minimum atomic E-state index is -0.533. The maximum atomic E-state index is 11.3. The van der Waals surface area contributed by atoms with Gasteiger partial charge in [0.15, 0.2) is 0 Å². The highest BCUT2D eigenvalue weighted by Crippen LogP contribution is 2.22. The van der Waals surface area contributed by atoms with Crippen molar-refractivity contribution in [1.82, 2.24) is 14.9 Å². The van der Waals surface area contributed by atoms with Gasteiger partial charge in [-0.1, -0.05) is 30.3 Å². The average Bonchev–Trinajstić information content (AvgIpc) is 2.90. The molecule has 2 heterocycles. The summed E-state index contributed by atoms with van der Waals surface area (Å²) >= 11 is 0. The number of fused-ring (bicyclic) bond motifs is 1. The van der Waals surface area contributed by atoms with Crippen LogP contribution in [0.4, 0.5) is 11.5 Å². The Morgan fingerprint density at radius 1 is 1.22 bits per heavy atom. The summed E-state index contributed by atoms with van der Waals surface area (Å²) in [5.41, 5.74) is 10.7. The molecule has 0 saturated carbocycles. The molecule has 0 spiro atoms. The number of rotatable bonds is 5. The van der Waals surface area contributed by atoms with Gasteiger partial charge in [0.1, 0.15) is 11.5 Å². The van der Waals surface area contributed by atoms with Gasteiger partial charge in [-0.3, -0.25) is 14.4 Å². The van der Waals surface area contributed by atoms with Crippen molar-refractivity contribution in [3.05, 3.63) is 59.9 Å². The van der Waals surface area contributed by atoms with Crippen LogP contribution in [0, 0.1) is 0 Å². The number of nitrogens with one attached hydrogen (secondary N) is 2. The summed E-state index contributed by atoms with van der Waals surface area (Å²) in [4.78, 5) is 15.9. The Morgan fingerprint density at radius 3 is 2.74 bits per heavy atom. The molecular formula is C16H17N5O2. The lowest BCUT2D eigenvalue weighted by atomic mass is 10.1. The number of hydrogen-bond acceptors (Lipinski definition) is 5. The van der Waals surface area contributed by atoms with E-state index >= 15 is 0 Å². The van der Waals surface area contributed by atoms with Gasteiger partial charge in [-0.2, -0.15) is 0 Å². The Kier molecular flexibility index (Phi) is 4.11. The van der Waals surface area contributed by atoms with E-state index in [2.05, 4.69) is 10.3 Å². The smallest absolute Gasteiger partial charge is 0.262 e. The molecule has 5 N–H and O–H groups in total.